The van der Waals surface area contributed by atoms with Gasteiger partial charge in [-0.15, -0.1) is 0 Å². The van der Waals surface area contributed by atoms with E-state index in [1.807, 2.05) is 12.4 Å². The van der Waals surface area contributed by atoms with Crippen LogP contribution in [0.3, 0.4) is 0 Å². The van der Waals surface area contributed by atoms with Gasteiger partial charge < -0.3 is 5.32 Å². The number of H-pyrrole nitrogens is 1. The molecule has 0 spiro atoms. The highest BCUT2D eigenvalue weighted by Gasteiger charge is 2.23. The summed E-state index contributed by atoms with van der Waals surface area (Å²) in [5.74, 6) is 0. The van der Waals surface area contributed by atoms with Crippen molar-refractivity contribution in [3.63, 3.8) is 0 Å². The van der Waals surface area contributed by atoms with Gasteiger partial charge in [0.1, 0.15) is 0 Å². The maximum atomic E-state index is 3.94. The highest BCUT2D eigenvalue weighted by atomic mass is 15.1. The highest BCUT2D eigenvalue weighted by molar-refractivity contribution is 5.38. The Morgan fingerprint density at radius 2 is 2.00 bits per heavy atom. The van der Waals surface area contributed by atoms with Crippen molar-refractivity contribution in [2.75, 3.05) is 5.32 Å². The van der Waals surface area contributed by atoms with E-state index in [4.69, 9.17) is 0 Å². The van der Waals surface area contributed by atoms with Crippen LogP contribution in [0, 0.1) is 0 Å². The molecule has 0 saturated heterocycles. The Hall–Kier alpha value is -1.77. The summed E-state index contributed by atoms with van der Waals surface area (Å²) in [6, 6.07) is 11.1. The first-order valence-electron chi connectivity index (χ1n) is 6.39. The average molecular weight is 243 g/mol. The fraction of sp³-hybridized carbons (Fsp3) is 0.400. The van der Waals surface area contributed by atoms with Gasteiger partial charge in [0.2, 0.25) is 0 Å². The van der Waals surface area contributed by atoms with E-state index in [1.165, 1.54) is 5.56 Å². The summed E-state index contributed by atoms with van der Waals surface area (Å²) in [6.07, 6.45) is 4.76. The zero-order valence-corrected chi connectivity index (χ0v) is 11.3. The first kappa shape index (κ1) is 12.7. The summed E-state index contributed by atoms with van der Waals surface area (Å²) in [6.45, 7) is 6.78. The number of rotatable bonds is 5. The van der Waals surface area contributed by atoms with Crippen LogP contribution in [-0.4, -0.2) is 16.2 Å². The van der Waals surface area contributed by atoms with Gasteiger partial charge in [0.05, 0.1) is 11.9 Å². The third-order valence-electron chi connectivity index (χ3n) is 3.28. The van der Waals surface area contributed by atoms with Crippen molar-refractivity contribution < 1.29 is 0 Å². The standard InChI is InChI=1S/C15H21N3/c1-12(18-14-10-16-17-11-14)9-15(2,3)13-7-5-4-6-8-13/h4-8,10-12,18H,9H2,1-3H3,(H,16,17). The Balaban J connectivity index is 1.99. The van der Waals surface area contributed by atoms with Crippen molar-refractivity contribution in [2.45, 2.75) is 38.6 Å². The van der Waals surface area contributed by atoms with Gasteiger partial charge in [0.15, 0.2) is 0 Å². The third-order valence-corrected chi connectivity index (χ3v) is 3.28. The fourth-order valence-electron chi connectivity index (χ4n) is 2.44. The Kier molecular flexibility index (Phi) is 3.70. The summed E-state index contributed by atoms with van der Waals surface area (Å²) in [5.41, 5.74) is 2.59. The molecule has 0 fully saturated rings. The molecule has 1 atom stereocenters. The molecule has 2 aromatic rings. The fourth-order valence-corrected chi connectivity index (χ4v) is 2.44. The van der Waals surface area contributed by atoms with E-state index in [-0.39, 0.29) is 5.41 Å². The quantitative estimate of drug-likeness (QED) is 0.842. The van der Waals surface area contributed by atoms with Crippen molar-refractivity contribution in [2.24, 2.45) is 0 Å². The van der Waals surface area contributed by atoms with E-state index >= 15 is 0 Å². The van der Waals surface area contributed by atoms with Crippen LogP contribution in [0.2, 0.25) is 0 Å². The maximum absolute atomic E-state index is 3.94. The molecule has 1 aromatic carbocycles. The van der Waals surface area contributed by atoms with Crippen LogP contribution in [0.4, 0.5) is 5.69 Å². The van der Waals surface area contributed by atoms with Gasteiger partial charge in [0, 0.05) is 12.2 Å². The number of nitrogens with one attached hydrogen (secondary N) is 2. The summed E-state index contributed by atoms with van der Waals surface area (Å²) in [5, 5.41) is 10.2. The number of hydrogen-bond acceptors (Lipinski definition) is 2. The number of aromatic nitrogens is 2. The molecule has 0 bridgehead atoms. The smallest absolute Gasteiger partial charge is 0.0725 e. The van der Waals surface area contributed by atoms with Crippen LogP contribution in [-0.2, 0) is 5.41 Å². The lowest BCUT2D eigenvalue weighted by Crippen LogP contribution is -2.27. The van der Waals surface area contributed by atoms with Crippen molar-refractivity contribution in [1.29, 1.82) is 0 Å². The van der Waals surface area contributed by atoms with E-state index in [2.05, 4.69) is 66.6 Å². The van der Waals surface area contributed by atoms with Crippen LogP contribution in [0.25, 0.3) is 0 Å². The molecule has 0 amide bonds. The third kappa shape index (κ3) is 3.13. The minimum absolute atomic E-state index is 0.164. The van der Waals surface area contributed by atoms with E-state index in [1.54, 1.807) is 0 Å². The minimum Gasteiger partial charge on any atom is -0.380 e. The molecule has 2 rings (SSSR count). The molecule has 0 aliphatic carbocycles. The van der Waals surface area contributed by atoms with Crippen LogP contribution in [0.5, 0.6) is 0 Å². The van der Waals surface area contributed by atoms with E-state index in [0.29, 0.717) is 6.04 Å². The molecule has 3 heteroatoms. The summed E-state index contributed by atoms with van der Waals surface area (Å²) < 4.78 is 0. The molecule has 18 heavy (non-hydrogen) atoms. The Morgan fingerprint density at radius 1 is 1.28 bits per heavy atom. The first-order chi connectivity index (χ1) is 8.58. The molecular weight excluding hydrogens is 222 g/mol. The topological polar surface area (TPSA) is 40.7 Å². The number of anilines is 1. The summed E-state index contributed by atoms with van der Waals surface area (Å²) in [7, 11) is 0. The number of nitrogens with zero attached hydrogens (tertiary/aromatic N) is 1. The summed E-state index contributed by atoms with van der Waals surface area (Å²) >= 11 is 0. The number of benzene rings is 1. The van der Waals surface area contributed by atoms with Crippen molar-refractivity contribution in [3.05, 3.63) is 48.3 Å². The lowest BCUT2D eigenvalue weighted by atomic mass is 9.79. The second kappa shape index (κ2) is 5.25. The van der Waals surface area contributed by atoms with Gasteiger partial charge in [-0.25, -0.2) is 0 Å². The molecule has 96 valence electrons. The van der Waals surface area contributed by atoms with Crippen LogP contribution >= 0.6 is 0 Å². The SMILES string of the molecule is CC(CC(C)(C)c1ccccc1)Nc1cn[nH]c1. The highest BCUT2D eigenvalue weighted by Crippen LogP contribution is 2.28. The van der Waals surface area contributed by atoms with Crippen molar-refractivity contribution in [3.8, 4) is 0 Å². The van der Waals surface area contributed by atoms with Gasteiger partial charge in [-0.2, -0.15) is 5.10 Å². The predicted octanol–water partition coefficient (Wildman–Crippen LogP) is 3.58. The Bertz CT molecular complexity index is 460. The molecule has 1 aromatic heterocycles. The zero-order valence-electron chi connectivity index (χ0n) is 11.3. The van der Waals surface area contributed by atoms with Crippen LogP contribution in [0.15, 0.2) is 42.7 Å². The second-order valence-electron chi connectivity index (χ2n) is 5.49. The van der Waals surface area contributed by atoms with Gasteiger partial charge in [-0.05, 0) is 24.3 Å². The molecule has 0 saturated carbocycles. The molecule has 0 radical (unpaired) electrons. The lowest BCUT2D eigenvalue weighted by molar-refractivity contribution is 0.450. The van der Waals surface area contributed by atoms with Gasteiger partial charge in [0.25, 0.3) is 0 Å². The predicted molar refractivity (Wildman–Crippen MR) is 75.8 cm³/mol. The Labute approximate surface area is 109 Å². The maximum Gasteiger partial charge on any atom is 0.0725 e. The lowest BCUT2D eigenvalue weighted by Gasteiger charge is -2.29. The molecule has 1 heterocycles. The Morgan fingerprint density at radius 3 is 2.61 bits per heavy atom. The molecule has 3 nitrogen and oxygen atoms in total. The minimum atomic E-state index is 0.164. The average Bonchev–Trinajstić information content (AvgIpc) is 2.82. The van der Waals surface area contributed by atoms with E-state index in [0.717, 1.165) is 12.1 Å². The van der Waals surface area contributed by atoms with Gasteiger partial charge in [-0.3, -0.25) is 5.10 Å². The van der Waals surface area contributed by atoms with Crippen LogP contribution in [0.1, 0.15) is 32.8 Å². The van der Waals surface area contributed by atoms with Gasteiger partial charge >= 0.3 is 0 Å². The van der Waals surface area contributed by atoms with E-state index < -0.39 is 0 Å². The second-order valence-corrected chi connectivity index (χ2v) is 5.49. The van der Waals surface area contributed by atoms with Gasteiger partial charge in [-0.1, -0.05) is 44.2 Å². The zero-order chi connectivity index (χ0) is 13.0. The summed E-state index contributed by atoms with van der Waals surface area (Å²) in [4.78, 5) is 0. The molecular formula is C15H21N3. The largest absolute Gasteiger partial charge is 0.380 e. The molecule has 0 aliphatic heterocycles. The van der Waals surface area contributed by atoms with Crippen molar-refractivity contribution >= 4 is 5.69 Å². The monoisotopic (exact) mass is 243 g/mol. The number of aromatic amines is 1. The van der Waals surface area contributed by atoms with Crippen LogP contribution < -0.4 is 5.32 Å². The first-order valence-corrected chi connectivity index (χ1v) is 6.39. The molecule has 0 aliphatic rings. The van der Waals surface area contributed by atoms with E-state index in [9.17, 15) is 0 Å². The molecule has 1 unspecified atom stereocenters. The van der Waals surface area contributed by atoms with Crippen molar-refractivity contribution in [1.82, 2.24) is 10.2 Å². The molecule has 2 N–H and O–H groups in total. The normalized spacial score (nSPS) is 13.3. The number of hydrogen-bond donors (Lipinski definition) is 2.